The number of aryl methyl sites for hydroxylation is 1. The van der Waals surface area contributed by atoms with Gasteiger partial charge in [0.25, 0.3) is 0 Å². The summed E-state index contributed by atoms with van der Waals surface area (Å²) in [5.74, 6) is 0.00762. The Hall–Kier alpha value is -3.00. The zero-order valence-corrected chi connectivity index (χ0v) is 14.2. The minimum atomic E-state index is -0.620. The van der Waals surface area contributed by atoms with Crippen molar-refractivity contribution >= 4 is 40.6 Å². The molecular formula is C17H15N5O2S. The van der Waals surface area contributed by atoms with Gasteiger partial charge in [0.05, 0.1) is 22.5 Å². The average molecular weight is 353 g/mol. The number of benzene rings is 1. The molecule has 0 fully saturated rings. The smallest absolute Gasteiger partial charge is 0.292 e. The molecule has 3 amide bonds. The quantitative estimate of drug-likeness (QED) is 0.700. The van der Waals surface area contributed by atoms with Crippen LogP contribution in [-0.2, 0) is 4.79 Å². The van der Waals surface area contributed by atoms with Crippen LogP contribution in [0.3, 0.4) is 0 Å². The number of para-hydroxylation sites is 2. The maximum Gasteiger partial charge on any atom is 0.327 e. The second kappa shape index (κ2) is 7.71. The van der Waals surface area contributed by atoms with Crippen LogP contribution in [0, 0.1) is 6.92 Å². The molecule has 2 N–H and O–H groups in total. The van der Waals surface area contributed by atoms with Crippen LogP contribution in [0.25, 0.3) is 11.0 Å². The molecule has 25 heavy (non-hydrogen) atoms. The number of rotatable bonds is 4. The van der Waals surface area contributed by atoms with Gasteiger partial charge in [-0.3, -0.25) is 15.4 Å². The van der Waals surface area contributed by atoms with Crippen LogP contribution >= 0.6 is 11.8 Å². The molecule has 0 bridgehead atoms. The van der Waals surface area contributed by atoms with Gasteiger partial charge < -0.3 is 0 Å². The molecule has 126 valence electrons. The fraction of sp³-hybridized carbons (Fsp3) is 0.118. The van der Waals surface area contributed by atoms with Crippen molar-refractivity contribution in [3.63, 3.8) is 0 Å². The first-order valence-corrected chi connectivity index (χ1v) is 8.48. The van der Waals surface area contributed by atoms with E-state index in [1.54, 1.807) is 24.4 Å². The Morgan fingerprint density at radius 2 is 1.76 bits per heavy atom. The number of thioether (sulfide) groups is 1. The predicted octanol–water partition coefficient (Wildman–Crippen LogP) is 2.77. The van der Waals surface area contributed by atoms with E-state index >= 15 is 0 Å². The van der Waals surface area contributed by atoms with Crippen LogP contribution in [0.15, 0.2) is 53.7 Å². The van der Waals surface area contributed by atoms with E-state index in [9.17, 15) is 9.59 Å². The molecule has 8 heteroatoms. The molecule has 7 nitrogen and oxygen atoms in total. The third kappa shape index (κ3) is 4.51. The van der Waals surface area contributed by atoms with Crippen LogP contribution in [0.1, 0.15) is 5.69 Å². The van der Waals surface area contributed by atoms with Crippen LogP contribution in [0.2, 0.25) is 0 Å². The predicted molar refractivity (Wildman–Crippen MR) is 96.4 cm³/mol. The van der Waals surface area contributed by atoms with Crippen LogP contribution < -0.4 is 10.6 Å². The SMILES string of the molecule is Cc1nc2ccccc2nc1SCC(=O)NC(=O)Nc1ccccn1. The van der Waals surface area contributed by atoms with E-state index in [0.29, 0.717) is 10.8 Å². The normalized spacial score (nSPS) is 10.4. The molecular weight excluding hydrogens is 338 g/mol. The van der Waals surface area contributed by atoms with E-state index in [1.807, 2.05) is 31.2 Å². The van der Waals surface area contributed by atoms with Crippen LogP contribution in [0.4, 0.5) is 10.6 Å². The summed E-state index contributed by atoms with van der Waals surface area (Å²) in [5, 5.41) is 5.41. The molecule has 3 rings (SSSR count). The maximum atomic E-state index is 11.9. The van der Waals surface area contributed by atoms with Crippen molar-refractivity contribution in [3.05, 3.63) is 54.4 Å². The second-order valence-electron chi connectivity index (χ2n) is 5.11. The molecule has 0 aliphatic carbocycles. The number of anilines is 1. The summed E-state index contributed by atoms with van der Waals surface area (Å²) < 4.78 is 0. The van der Waals surface area contributed by atoms with Gasteiger partial charge in [-0.2, -0.15) is 0 Å². The van der Waals surface area contributed by atoms with Gasteiger partial charge in [-0.05, 0) is 31.2 Å². The first-order valence-electron chi connectivity index (χ1n) is 7.50. The molecule has 0 radical (unpaired) electrons. The molecule has 2 heterocycles. The van der Waals surface area contributed by atoms with Crippen molar-refractivity contribution in [3.8, 4) is 0 Å². The number of nitrogens with zero attached hydrogens (tertiary/aromatic N) is 3. The highest BCUT2D eigenvalue weighted by atomic mass is 32.2. The number of nitrogens with one attached hydrogen (secondary N) is 2. The van der Waals surface area contributed by atoms with E-state index in [0.717, 1.165) is 16.7 Å². The van der Waals surface area contributed by atoms with E-state index in [1.165, 1.54) is 11.8 Å². The fourth-order valence-electron chi connectivity index (χ4n) is 2.09. The number of carbonyl (C=O) groups is 2. The first-order chi connectivity index (χ1) is 12.1. The summed E-state index contributed by atoms with van der Waals surface area (Å²) in [4.78, 5) is 36.6. The lowest BCUT2D eigenvalue weighted by Crippen LogP contribution is -2.35. The number of carbonyl (C=O) groups excluding carboxylic acids is 2. The number of fused-ring (bicyclic) bond motifs is 1. The van der Waals surface area contributed by atoms with Crippen molar-refractivity contribution < 1.29 is 9.59 Å². The molecule has 0 aliphatic heterocycles. The minimum Gasteiger partial charge on any atom is -0.292 e. The zero-order chi connectivity index (χ0) is 17.6. The number of hydrogen-bond acceptors (Lipinski definition) is 6. The summed E-state index contributed by atoms with van der Waals surface area (Å²) in [6.45, 7) is 1.84. The minimum absolute atomic E-state index is 0.0590. The number of pyridine rings is 1. The molecule has 1 aromatic carbocycles. The topological polar surface area (TPSA) is 96.9 Å². The standard InChI is InChI=1S/C17H15N5O2S/c1-11-16(20-13-7-3-2-6-12(13)19-11)25-10-15(23)22-17(24)21-14-8-4-5-9-18-14/h2-9H,10H2,1H3,(H2,18,21,22,23,24). The van der Waals surface area contributed by atoms with Gasteiger partial charge in [0.1, 0.15) is 10.8 Å². The number of amides is 3. The number of hydrogen-bond donors (Lipinski definition) is 2. The Labute approximate surface area is 148 Å². The number of urea groups is 1. The van der Waals surface area contributed by atoms with Crippen LogP contribution in [-0.4, -0.2) is 32.6 Å². The fourth-order valence-corrected chi connectivity index (χ4v) is 2.85. The Morgan fingerprint density at radius 3 is 2.48 bits per heavy atom. The van der Waals surface area contributed by atoms with Crippen molar-refractivity contribution in [2.75, 3.05) is 11.1 Å². The molecule has 0 spiro atoms. The molecule has 0 saturated carbocycles. The second-order valence-corrected chi connectivity index (χ2v) is 6.07. The average Bonchev–Trinajstić information content (AvgIpc) is 2.60. The summed E-state index contributed by atoms with van der Waals surface area (Å²) in [7, 11) is 0. The largest absolute Gasteiger partial charge is 0.327 e. The van der Waals surface area contributed by atoms with Crippen molar-refractivity contribution in [1.82, 2.24) is 20.3 Å². The van der Waals surface area contributed by atoms with Gasteiger partial charge in [-0.1, -0.05) is 30.0 Å². The first kappa shape index (κ1) is 16.8. The van der Waals surface area contributed by atoms with Crippen LogP contribution in [0.5, 0.6) is 0 Å². The monoisotopic (exact) mass is 353 g/mol. The van der Waals surface area contributed by atoms with Gasteiger partial charge >= 0.3 is 6.03 Å². The highest BCUT2D eigenvalue weighted by Crippen LogP contribution is 2.21. The maximum absolute atomic E-state index is 11.9. The highest BCUT2D eigenvalue weighted by Gasteiger charge is 2.11. The van der Waals surface area contributed by atoms with Crippen molar-refractivity contribution in [2.45, 2.75) is 11.9 Å². The Bertz CT molecular complexity index is 917. The van der Waals surface area contributed by atoms with Gasteiger partial charge in [0.2, 0.25) is 5.91 Å². The molecule has 3 aromatic rings. The molecule has 2 aromatic heterocycles. The molecule has 0 saturated heterocycles. The summed E-state index contributed by atoms with van der Waals surface area (Å²) >= 11 is 1.24. The zero-order valence-electron chi connectivity index (χ0n) is 13.4. The van der Waals surface area contributed by atoms with Gasteiger partial charge in [-0.15, -0.1) is 0 Å². The molecule has 0 atom stereocenters. The lowest BCUT2D eigenvalue weighted by molar-refractivity contribution is -0.117. The van der Waals surface area contributed by atoms with Gasteiger partial charge in [-0.25, -0.2) is 19.7 Å². The molecule has 0 aliphatic rings. The summed E-state index contributed by atoms with van der Waals surface area (Å²) in [5.41, 5.74) is 2.32. The molecule has 0 unspecified atom stereocenters. The van der Waals surface area contributed by atoms with E-state index in [2.05, 4.69) is 25.6 Å². The lowest BCUT2D eigenvalue weighted by atomic mass is 10.3. The lowest BCUT2D eigenvalue weighted by Gasteiger charge is -2.07. The number of imide groups is 1. The van der Waals surface area contributed by atoms with E-state index < -0.39 is 11.9 Å². The van der Waals surface area contributed by atoms with Gasteiger partial charge in [0, 0.05) is 6.20 Å². The number of aromatic nitrogens is 3. The summed E-state index contributed by atoms with van der Waals surface area (Å²) in [6, 6.07) is 12.0. The highest BCUT2D eigenvalue weighted by molar-refractivity contribution is 7.99. The summed E-state index contributed by atoms with van der Waals surface area (Å²) in [6.07, 6.45) is 1.55. The van der Waals surface area contributed by atoms with E-state index in [-0.39, 0.29) is 5.75 Å². The Kier molecular flexibility index (Phi) is 5.20. The Morgan fingerprint density at radius 1 is 1.04 bits per heavy atom. The Balaban J connectivity index is 1.57. The third-order valence-corrected chi connectivity index (χ3v) is 4.27. The van der Waals surface area contributed by atoms with E-state index in [4.69, 9.17) is 0 Å². The van der Waals surface area contributed by atoms with Gasteiger partial charge in [0.15, 0.2) is 0 Å². The third-order valence-electron chi connectivity index (χ3n) is 3.20. The van der Waals surface area contributed by atoms with Crippen molar-refractivity contribution in [2.24, 2.45) is 0 Å². The van der Waals surface area contributed by atoms with Crippen molar-refractivity contribution in [1.29, 1.82) is 0 Å².